The zero-order valence-corrected chi connectivity index (χ0v) is 16.9. The van der Waals surface area contributed by atoms with Crippen LogP contribution < -0.4 is 10.1 Å². The van der Waals surface area contributed by atoms with Crippen molar-refractivity contribution in [3.8, 4) is 11.5 Å². The van der Waals surface area contributed by atoms with Gasteiger partial charge in [-0.1, -0.05) is 18.2 Å². The average molecular weight is 417 g/mol. The Morgan fingerprint density at radius 2 is 1.72 bits per heavy atom. The van der Waals surface area contributed by atoms with Crippen LogP contribution in [0.1, 0.15) is 19.8 Å². The first-order valence-electron chi connectivity index (χ1n) is 9.34. The predicted octanol–water partition coefficient (Wildman–Crippen LogP) is 3.17. The van der Waals surface area contributed by atoms with Crippen LogP contribution in [-0.2, 0) is 24.2 Å². The molecule has 0 radical (unpaired) electrons. The Bertz CT molecular complexity index is 956. The molecule has 0 saturated carbocycles. The first kappa shape index (κ1) is 20.9. The summed E-state index contributed by atoms with van der Waals surface area (Å²) in [5.41, 5.74) is 0.542. The van der Waals surface area contributed by atoms with Gasteiger partial charge in [0.25, 0.3) is 5.91 Å². The molecule has 1 aliphatic heterocycles. The van der Waals surface area contributed by atoms with Gasteiger partial charge in [-0.05, 0) is 55.7 Å². The molecule has 29 heavy (non-hydrogen) atoms. The van der Waals surface area contributed by atoms with Gasteiger partial charge < -0.3 is 14.8 Å². The number of anilines is 1. The lowest BCUT2D eigenvalue weighted by molar-refractivity contribution is -0.153. The minimum Gasteiger partial charge on any atom is -0.457 e. The van der Waals surface area contributed by atoms with Crippen molar-refractivity contribution in [2.45, 2.75) is 25.9 Å². The third kappa shape index (κ3) is 6.32. The van der Waals surface area contributed by atoms with Crippen LogP contribution in [0.25, 0.3) is 0 Å². The molecule has 1 aliphatic rings. The number of sulfone groups is 1. The second-order valence-electron chi connectivity index (χ2n) is 7.03. The third-order valence-electron chi connectivity index (χ3n) is 4.56. The van der Waals surface area contributed by atoms with Gasteiger partial charge in [0, 0.05) is 12.1 Å². The van der Waals surface area contributed by atoms with Crippen molar-refractivity contribution in [2.75, 3.05) is 16.8 Å². The molecule has 2 aromatic carbocycles. The number of hydrogen-bond acceptors (Lipinski definition) is 6. The largest absolute Gasteiger partial charge is 0.457 e. The van der Waals surface area contributed by atoms with Crippen LogP contribution in [0.15, 0.2) is 54.6 Å². The van der Waals surface area contributed by atoms with E-state index in [0.717, 1.165) is 0 Å². The van der Waals surface area contributed by atoms with Crippen molar-refractivity contribution >= 4 is 27.4 Å². The van der Waals surface area contributed by atoms with E-state index in [4.69, 9.17) is 9.47 Å². The topological polar surface area (TPSA) is 98.8 Å². The molecular formula is C21H23NO6S. The van der Waals surface area contributed by atoms with Gasteiger partial charge in [-0.3, -0.25) is 9.59 Å². The molecule has 8 heteroatoms. The number of ether oxygens (including phenoxy) is 2. The van der Waals surface area contributed by atoms with Crippen molar-refractivity contribution in [2.24, 2.45) is 5.92 Å². The fourth-order valence-electron chi connectivity index (χ4n) is 3.04. The van der Waals surface area contributed by atoms with Gasteiger partial charge in [-0.15, -0.1) is 0 Å². The molecule has 0 aliphatic carbocycles. The first-order valence-corrected chi connectivity index (χ1v) is 11.2. The highest BCUT2D eigenvalue weighted by Crippen LogP contribution is 2.24. The van der Waals surface area contributed by atoms with Gasteiger partial charge in [-0.25, -0.2) is 8.42 Å². The number of amides is 1. The van der Waals surface area contributed by atoms with E-state index in [9.17, 15) is 18.0 Å². The monoisotopic (exact) mass is 417 g/mol. The molecule has 0 unspecified atom stereocenters. The zero-order valence-electron chi connectivity index (χ0n) is 16.0. The summed E-state index contributed by atoms with van der Waals surface area (Å²) in [5.74, 6) is 0.167. The number of hydrogen-bond donors (Lipinski definition) is 1. The summed E-state index contributed by atoms with van der Waals surface area (Å²) in [6.07, 6.45) is -0.529. The summed E-state index contributed by atoms with van der Waals surface area (Å²) < 4.78 is 33.8. The van der Waals surface area contributed by atoms with Gasteiger partial charge in [0.15, 0.2) is 15.9 Å². The van der Waals surface area contributed by atoms with E-state index < -0.39 is 27.8 Å². The quantitative estimate of drug-likeness (QED) is 0.695. The van der Waals surface area contributed by atoms with Gasteiger partial charge in [0.1, 0.15) is 11.5 Å². The van der Waals surface area contributed by atoms with Crippen molar-refractivity contribution in [3.63, 3.8) is 0 Å². The van der Waals surface area contributed by atoms with Gasteiger partial charge >= 0.3 is 5.97 Å². The molecule has 0 bridgehead atoms. The maximum absolute atomic E-state index is 12.2. The molecule has 7 nitrogen and oxygen atoms in total. The smallest absolute Gasteiger partial charge is 0.306 e. The molecule has 1 saturated heterocycles. The number of esters is 1. The first-order chi connectivity index (χ1) is 13.8. The molecule has 1 fully saturated rings. The molecule has 3 rings (SSSR count). The Labute approximate surface area is 169 Å². The van der Waals surface area contributed by atoms with E-state index >= 15 is 0 Å². The van der Waals surface area contributed by atoms with Gasteiger partial charge in [0.2, 0.25) is 0 Å². The van der Waals surface area contributed by atoms with Crippen molar-refractivity contribution in [1.82, 2.24) is 0 Å². The minimum atomic E-state index is -3.05. The Morgan fingerprint density at radius 1 is 1.07 bits per heavy atom. The van der Waals surface area contributed by atoms with Crippen LogP contribution >= 0.6 is 0 Å². The minimum absolute atomic E-state index is 0.0000779. The highest BCUT2D eigenvalue weighted by Gasteiger charge is 2.30. The Morgan fingerprint density at radius 3 is 2.34 bits per heavy atom. The fourth-order valence-corrected chi connectivity index (χ4v) is 4.90. The lowest BCUT2D eigenvalue weighted by Crippen LogP contribution is -2.30. The summed E-state index contributed by atoms with van der Waals surface area (Å²) >= 11 is 0. The van der Waals surface area contributed by atoms with Crippen LogP contribution in [0.2, 0.25) is 0 Å². The maximum Gasteiger partial charge on any atom is 0.306 e. The van der Waals surface area contributed by atoms with E-state index in [1.807, 2.05) is 30.3 Å². The summed E-state index contributed by atoms with van der Waals surface area (Å²) in [6, 6.07) is 16.1. The highest BCUT2D eigenvalue weighted by molar-refractivity contribution is 7.91. The molecule has 0 aromatic heterocycles. The molecule has 1 N–H and O–H groups in total. The van der Waals surface area contributed by atoms with Gasteiger partial charge in [0.05, 0.1) is 11.5 Å². The number of para-hydroxylation sites is 1. The summed E-state index contributed by atoms with van der Waals surface area (Å²) in [6.45, 7) is 1.48. The second kappa shape index (κ2) is 9.09. The number of benzene rings is 2. The summed E-state index contributed by atoms with van der Waals surface area (Å²) in [4.78, 5) is 24.2. The van der Waals surface area contributed by atoms with Crippen molar-refractivity contribution in [3.05, 3.63) is 54.6 Å². The van der Waals surface area contributed by atoms with Crippen molar-refractivity contribution < 1.29 is 27.5 Å². The lowest BCUT2D eigenvalue weighted by Gasteiger charge is -2.15. The van der Waals surface area contributed by atoms with Crippen LogP contribution in [0.3, 0.4) is 0 Å². The predicted molar refractivity (Wildman–Crippen MR) is 109 cm³/mol. The van der Waals surface area contributed by atoms with E-state index in [1.165, 1.54) is 6.92 Å². The van der Waals surface area contributed by atoms with Gasteiger partial charge in [-0.2, -0.15) is 0 Å². The zero-order chi connectivity index (χ0) is 20.9. The van der Waals surface area contributed by atoms with Crippen LogP contribution in [-0.4, -0.2) is 37.9 Å². The number of rotatable bonds is 7. The second-order valence-corrected chi connectivity index (χ2v) is 9.26. The average Bonchev–Trinajstić information content (AvgIpc) is 3.02. The van der Waals surface area contributed by atoms with E-state index in [2.05, 4.69) is 5.32 Å². The van der Waals surface area contributed by atoms with Crippen LogP contribution in [0.4, 0.5) is 5.69 Å². The molecule has 1 amide bonds. The molecule has 154 valence electrons. The number of carbonyl (C=O) groups excluding carboxylic acids is 2. The number of carbonyl (C=O) groups is 2. The Balaban J connectivity index is 1.47. The van der Waals surface area contributed by atoms with Crippen LogP contribution in [0.5, 0.6) is 11.5 Å². The molecule has 2 aromatic rings. The summed E-state index contributed by atoms with van der Waals surface area (Å²) in [7, 11) is -3.05. The molecule has 0 spiro atoms. The normalized spacial score (nSPS) is 18.6. The SMILES string of the molecule is C[C@H](OC(=O)C[C@H]1CCS(=O)(=O)C1)C(=O)Nc1ccc(Oc2ccccc2)cc1. The number of nitrogens with one attached hydrogen (secondary N) is 1. The fraction of sp³-hybridized carbons (Fsp3) is 0.333. The molecule has 1 heterocycles. The summed E-state index contributed by atoms with van der Waals surface area (Å²) in [5, 5.41) is 2.68. The van der Waals surface area contributed by atoms with E-state index in [0.29, 0.717) is 23.6 Å². The van der Waals surface area contributed by atoms with Crippen LogP contribution in [0, 0.1) is 5.92 Å². The highest BCUT2D eigenvalue weighted by atomic mass is 32.2. The Hall–Kier alpha value is -2.87. The van der Waals surface area contributed by atoms with E-state index in [1.54, 1.807) is 24.3 Å². The molecule has 2 atom stereocenters. The third-order valence-corrected chi connectivity index (χ3v) is 6.40. The molecular weight excluding hydrogens is 394 g/mol. The maximum atomic E-state index is 12.2. The standard InChI is InChI=1S/C21H23NO6S/c1-15(27-20(23)13-16-11-12-29(25,26)14-16)21(24)22-17-7-9-19(10-8-17)28-18-5-3-2-4-6-18/h2-10,15-16H,11-14H2,1H3,(H,22,24)/t15-,16+/m0/s1. The Kier molecular flexibility index (Phi) is 6.53. The van der Waals surface area contributed by atoms with Crippen molar-refractivity contribution in [1.29, 1.82) is 0 Å². The lowest BCUT2D eigenvalue weighted by atomic mass is 10.1. The van der Waals surface area contributed by atoms with E-state index in [-0.39, 0.29) is 23.8 Å².